The van der Waals surface area contributed by atoms with Crippen molar-refractivity contribution in [3.8, 4) is 23.0 Å². The van der Waals surface area contributed by atoms with Crippen molar-refractivity contribution < 1.29 is 17.5 Å². The molecule has 3 aromatic rings. The quantitative estimate of drug-likeness (QED) is 0.600. The Hall–Kier alpha value is -3.27. The van der Waals surface area contributed by atoms with Crippen molar-refractivity contribution in [3.05, 3.63) is 64.3 Å². The molecule has 4 rings (SSSR count). The summed E-state index contributed by atoms with van der Waals surface area (Å²) in [5.41, 5.74) is 1.19. The minimum absolute atomic E-state index is 0.00324. The fraction of sp³-hybridized carbons (Fsp3) is 0.286. The number of rotatable bonds is 7. The maximum Gasteiger partial charge on any atom is 0.324 e. The first-order chi connectivity index (χ1) is 14.7. The Balaban J connectivity index is 1.75. The van der Waals surface area contributed by atoms with Crippen LogP contribution in [0.4, 0.5) is 10.2 Å². The van der Waals surface area contributed by atoms with Gasteiger partial charge in [-0.15, -0.1) is 0 Å². The maximum absolute atomic E-state index is 14.2. The van der Waals surface area contributed by atoms with Crippen molar-refractivity contribution in [1.29, 1.82) is 0 Å². The highest BCUT2D eigenvalue weighted by Crippen LogP contribution is 2.32. The monoisotopic (exact) mass is 444 g/mol. The second kappa shape index (κ2) is 8.10. The van der Waals surface area contributed by atoms with Gasteiger partial charge >= 0.3 is 6.01 Å². The third-order valence-electron chi connectivity index (χ3n) is 4.86. The molecule has 1 aliphatic rings. The Kier molecular flexibility index (Phi) is 5.48. The van der Waals surface area contributed by atoms with E-state index in [9.17, 15) is 17.6 Å². The van der Waals surface area contributed by atoms with E-state index in [2.05, 4.69) is 14.7 Å². The summed E-state index contributed by atoms with van der Waals surface area (Å²) in [6.45, 7) is 1.68. The minimum Gasteiger partial charge on any atom is -0.421 e. The van der Waals surface area contributed by atoms with Crippen LogP contribution in [0.3, 0.4) is 0 Å². The van der Waals surface area contributed by atoms with Crippen molar-refractivity contribution in [2.24, 2.45) is 13.0 Å². The number of hydrogen-bond acceptors (Lipinski definition) is 6. The number of nitrogens with zero attached hydrogens (tertiary/aromatic N) is 3. The van der Waals surface area contributed by atoms with Crippen LogP contribution in [0.1, 0.15) is 18.4 Å². The molecule has 0 amide bonds. The smallest absolute Gasteiger partial charge is 0.324 e. The summed E-state index contributed by atoms with van der Waals surface area (Å²) >= 11 is 0. The lowest BCUT2D eigenvalue weighted by molar-refractivity contribution is 0.409. The summed E-state index contributed by atoms with van der Waals surface area (Å²) in [6, 6.07) is 8.64. The lowest BCUT2D eigenvalue weighted by atomic mass is 10.2. The van der Waals surface area contributed by atoms with E-state index in [1.807, 2.05) is 0 Å². The number of pyridine rings is 1. The summed E-state index contributed by atoms with van der Waals surface area (Å²) < 4.78 is 48.6. The molecule has 0 atom stereocenters. The van der Waals surface area contributed by atoms with Crippen LogP contribution in [0.15, 0.2) is 47.4 Å². The molecule has 8 nitrogen and oxygen atoms in total. The van der Waals surface area contributed by atoms with Crippen LogP contribution in [0.25, 0.3) is 11.3 Å². The van der Waals surface area contributed by atoms with E-state index in [0.29, 0.717) is 16.8 Å². The normalized spacial score (nSPS) is 13.8. The van der Waals surface area contributed by atoms with Gasteiger partial charge in [0.25, 0.3) is 0 Å². The molecular weight excluding hydrogens is 423 g/mol. The van der Waals surface area contributed by atoms with Crippen LogP contribution in [-0.2, 0) is 17.1 Å². The van der Waals surface area contributed by atoms with Gasteiger partial charge in [0.2, 0.25) is 15.6 Å². The molecule has 1 aromatic carbocycles. The van der Waals surface area contributed by atoms with Gasteiger partial charge in [0, 0.05) is 30.9 Å². The van der Waals surface area contributed by atoms with Crippen molar-refractivity contribution in [2.75, 3.05) is 10.5 Å². The average Bonchev–Trinajstić information content (AvgIpc) is 3.49. The van der Waals surface area contributed by atoms with E-state index < -0.39 is 15.8 Å². The number of aromatic nitrogens is 3. The van der Waals surface area contributed by atoms with E-state index in [-0.39, 0.29) is 34.8 Å². The van der Waals surface area contributed by atoms with Gasteiger partial charge in [-0.25, -0.2) is 12.8 Å². The summed E-state index contributed by atoms with van der Waals surface area (Å²) in [5.74, 6) is -0.476. The van der Waals surface area contributed by atoms with E-state index >= 15 is 0 Å². The SMILES string of the molecule is Cc1cccc(F)c1Oc1nc(NS(=O)(=O)CC2CC2)cc(-c2ccc(=O)n(C)c2)n1. The van der Waals surface area contributed by atoms with Gasteiger partial charge in [0.15, 0.2) is 11.6 Å². The predicted molar refractivity (Wildman–Crippen MR) is 114 cm³/mol. The Bertz CT molecular complexity index is 1280. The van der Waals surface area contributed by atoms with Crippen molar-refractivity contribution in [1.82, 2.24) is 14.5 Å². The Morgan fingerprint density at radius 2 is 2.00 bits per heavy atom. The van der Waals surface area contributed by atoms with E-state index in [4.69, 9.17) is 4.74 Å². The van der Waals surface area contributed by atoms with Crippen molar-refractivity contribution >= 4 is 15.8 Å². The minimum atomic E-state index is -3.62. The van der Waals surface area contributed by atoms with Crippen LogP contribution < -0.4 is 15.0 Å². The second-order valence-corrected chi connectivity index (χ2v) is 9.37. The number of hydrogen-bond donors (Lipinski definition) is 1. The summed E-state index contributed by atoms with van der Waals surface area (Å²) in [7, 11) is -2.03. The van der Waals surface area contributed by atoms with E-state index in [1.54, 1.807) is 38.4 Å². The molecular formula is C21H21FN4O4S. The number of ether oxygens (including phenoxy) is 1. The van der Waals surface area contributed by atoms with Crippen molar-refractivity contribution in [3.63, 3.8) is 0 Å². The van der Waals surface area contributed by atoms with Crippen LogP contribution in [0.5, 0.6) is 11.8 Å². The third-order valence-corrected chi connectivity index (χ3v) is 6.29. The zero-order chi connectivity index (χ0) is 22.2. The molecule has 1 saturated carbocycles. The highest BCUT2D eigenvalue weighted by molar-refractivity contribution is 7.92. The first-order valence-electron chi connectivity index (χ1n) is 9.70. The van der Waals surface area contributed by atoms with Gasteiger partial charge in [-0.2, -0.15) is 9.97 Å². The standard InChI is InChI=1S/C21H21FN4O4S/c1-13-4-3-5-16(22)20(13)30-21-23-17(15-8-9-19(27)26(2)11-15)10-18(24-21)25-31(28,29)12-14-6-7-14/h3-5,8-11,14H,6-7,12H2,1-2H3,(H,23,24,25). The lowest BCUT2D eigenvalue weighted by Gasteiger charge is -2.13. The van der Waals surface area contributed by atoms with Gasteiger partial charge in [-0.1, -0.05) is 12.1 Å². The highest BCUT2D eigenvalue weighted by atomic mass is 32.2. The average molecular weight is 444 g/mol. The molecule has 2 heterocycles. The van der Waals surface area contributed by atoms with Crippen molar-refractivity contribution in [2.45, 2.75) is 19.8 Å². The van der Waals surface area contributed by atoms with Crippen LogP contribution in [0.2, 0.25) is 0 Å². The molecule has 0 bridgehead atoms. The number of para-hydroxylation sites is 1. The van der Waals surface area contributed by atoms with Gasteiger partial charge in [-0.05, 0) is 43.4 Å². The van der Waals surface area contributed by atoms with Gasteiger partial charge in [0.05, 0.1) is 11.4 Å². The summed E-state index contributed by atoms with van der Waals surface area (Å²) in [5, 5.41) is 0. The van der Waals surface area contributed by atoms with Crippen LogP contribution in [-0.4, -0.2) is 28.7 Å². The fourth-order valence-corrected chi connectivity index (χ4v) is 4.51. The molecule has 1 fully saturated rings. The number of halogens is 1. The molecule has 1 N–H and O–H groups in total. The molecule has 0 spiro atoms. The van der Waals surface area contributed by atoms with Gasteiger partial charge in [-0.3, -0.25) is 9.52 Å². The molecule has 0 saturated heterocycles. The van der Waals surface area contributed by atoms with Gasteiger partial charge < -0.3 is 9.30 Å². The Morgan fingerprint density at radius 1 is 1.23 bits per heavy atom. The Labute approximate surface area is 178 Å². The molecule has 0 aliphatic heterocycles. The zero-order valence-corrected chi connectivity index (χ0v) is 17.8. The molecule has 31 heavy (non-hydrogen) atoms. The van der Waals surface area contributed by atoms with Crippen LogP contribution in [0, 0.1) is 18.7 Å². The first-order valence-corrected chi connectivity index (χ1v) is 11.3. The fourth-order valence-electron chi connectivity index (χ4n) is 3.05. The molecule has 0 radical (unpaired) electrons. The summed E-state index contributed by atoms with van der Waals surface area (Å²) in [4.78, 5) is 20.2. The Morgan fingerprint density at radius 3 is 2.68 bits per heavy atom. The lowest BCUT2D eigenvalue weighted by Crippen LogP contribution is -2.19. The van der Waals surface area contributed by atoms with Gasteiger partial charge in [0.1, 0.15) is 5.82 Å². The second-order valence-electron chi connectivity index (χ2n) is 7.60. The number of aryl methyl sites for hydroxylation is 2. The zero-order valence-electron chi connectivity index (χ0n) is 17.0. The van der Waals surface area contributed by atoms with E-state index in [0.717, 1.165) is 12.8 Å². The maximum atomic E-state index is 14.2. The number of anilines is 1. The third kappa shape index (κ3) is 5.08. The largest absolute Gasteiger partial charge is 0.421 e. The molecule has 0 unspecified atom stereocenters. The first kappa shape index (κ1) is 21.0. The van der Waals surface area contributed by atoms with Crippen LogP contribution >= 0.6 is 0 Å². The molecule has 162 valence electrons. The summed E-state index contributed by atoms with van der Waals surface area (Å²) in [6.07, 6.45) is 3.33. The number of nitrogens with one attached hydrogen (secondary N) is 1. The number of benzene rings is 1. The highest BCUT2D eigenvalue weighted by Gasteiger charge is 2.28. The predicted octanol–water partition coefficient (Wildman–Crippen LogP) is 3.23. The molecule has 2 aromatic heterocycles. The molecule has 10 heteroatoms. The number of sulfonamides is 1. The van der Waals surface area contributed by atoms with E-state index in [1.165, 1.54) is 22.8 Å². The topological polar surface area (TPSA) is 103 Å². The molecule has 1 aliphatic carbocycles.